The highest BCUT2D eigenvalue weighted by molar-refractivity contribution is 6.42. The maximum Gasteiger partial charge on any atom is 0.338 e. The van der Waals surface area contributed by atoms with E-state index in [1.807, 2.05) is 0 Å². The lowest BCUT2D eigenvalue weighted by molar-refractivity contribution is 0.0475. The van der Waals surface area contributed by atoms with Gasteiger partial charge in [-0.1, -0.05) is 35.3 Å². The monoisotopic (exact) mass is 374 g/mol. The molecule has 0 radical (unpaired) electrons. The van der Waals surface area contributed by atoms with Crippen molar-refractivity contribution in [1.29, 1.82) is 0 Å². The summed E-state index contributed by atoms with van der Waals surface area (Å²) in [5.41, 5.74) is 1.51. The molecule has 25 heavy (non-hydrogen) atoms. The molecule has 0 bridgehead atoms. The largest absolute Gasteiger partial charge is 0.454 e. The van der Waals surface area contributed by atoms with Crippen LogP contribution >= 0.6 is 23.2 Å². The predicted molar refractivity (Wildman–Crippen MR) is 95.1 cm³/mol. The summed E-state index contributed by atoms with van der Waals surface area (Å²) >= 11 is 11.7. The van der Waals surface area contributed by atoms with Crippen LogP contribution in [-0.4, -0.2) is 28.3 Å². The Bertz CT molecular complexity index is 907. The van der Waals surface area contributed by atoms with Crippen molar-refractivity contribution in [2.75, 3.05) is 6.61 Å². The molecule has 0 spiro atoms. The third-order valence-electron chi connectivity index (χ3n) is 3.47. The molecule has 2 aromatic carbocycles. The van der Waals surface area contributed by atoms with Crippen LogP contribution in [0, 0.1) is 0 Å². The molecule has 0 amide bonds. The van der Waals surface area contributed by atoms with Crippen molar-refractivity contribution in [3.05, 3.63) is 76.0 Å². The van der Waals surface area contributed by atoms with Crippen molar-refractivity contribution < 1.29 is 14.3 Å². The van der Waals surface area contributed by atoms with Crippen LogP contribution in [0.5, 0.6) is 0 Å². The number of ether oxygens (including phenoxy) is 1. The number of imidazole rings is 1. The second kappa shape index (κ2) is 7.51. The second-order valence-electron chi connectivity index (χ2n) is 5.14. The van der Waals surface area contributed by atoms with Crippen LogP contribution in [0.15, 0.2) is 54.9 Å². The van der Waals surface area contributed by atoms with Gasteiger partial charge in [0.1, 0.15) is 5.82 Å². The van der Waals surface area contributed by atoms with Gasteiger partial charge in [-0.3, -0.25) is 4.79 Å². The van der Waals surface area contributed by atoms with Crippen molar-refractivity contribution in [2.45, 2.75) is 0 Å². The number of hydrogen-bond donors (Lipinski definition) is 1. The molecule has 0 fully saturated rings. The van der Waals surface area contributed by atoms with Crippen LogP contribution in [0.1, 0.15) is 20.7 Å². The Balaban J connectivity index is 1.62. The highest BCUT2D eigenvalue weighted by Gasteiger charge is 2.13. The summed E-state index contributed by atoms with van der Waals surface area (Å²) < 4.78 is 5.06. The maximum atomic E-state index is 12.1. The van der Waals surface area contributed by atoms with E-state index >= 15 is 0 Å². The lowest BCUT2D eigenvalue weighted by Crippen LogP contribution is -2.14. The van der Waals surface area contributed by atoms with E-state index in [1.54, 1.807) is 36.7 Å². The molecule has 126 valence electrons. The Kier molecular flexibility index (Phi) is 5.16. The van der Waals surface area contributed by atoms with Gasteiger partial charge in [0, 0.05) is 23.5 Å². The minimum atomic E-state index is -0.584. The molecule has 1 heterocycles. The van der Waals surface area contributed by atoms with Gasteiger partial charge in [-0.2, -0.15) is 0 Å². The number of esters is 1. The fourth-order valence-electron chi connectivity index (χ4n) is 2.15. The molecule has 1 aromatic heterocycles. The van der Waals surface area contributed by atoms with E-state index in [2.05, 4.69) is 9.97 Å². The van der Waals surface area contributed by atoms with Gasteiger partial charge < -0.3 is 9.72 Å². The van der Waals surface area contributed by atoms with E-state index in [9.17, 15) is 9.59 Å². The first-order chi connectivity index (χ1) is 12.0. The number of carbonyl (C=O) groups is 2. The molecule has 0 atom stereocenters. The zero-order valence-corrected chi connectivity index (χ0v) is 14.3. The molecule has 5 nitrogen and oxygen atoms in total. The number of aromatic nitrogens is 2. The van der Waals surface area contributed by atoms with Gasteiger partial charge in [0.2, 0.25) is 0 Å². The van der Waals surface area contributed by atoms with Gasteiger partial charge in [0.05, 0.1) is 15.6 Å². The van der Waals surface area contributed by atoms with Crippen LogP contribution in [0.2, 0.25) is 10.0 Å². The zero-order valence-electron chi connectivity index (χ0n) is 12.8. The Labute approximate surface area is 153 Å². The van der Waals surface area contributed by atoms with Gasteiger partial charge in [0.25, 0.3) is 0 Å². The van der Waals surface area contributed by atoms with E-state index in [4.69, 9.17) is 27.9 Å². The molecular formula is C18H12Cl2N2O3. The Morgan fingerprint density at radius 1 is 1.00 bits per heavy atom. The molecule has 0 saturated carbocycles. The van der Waals surface area contributed by atoms with Gasteiger partial charge in [-0.25, -0.2) is 9.78 Å². The van der Waals surface area contributed by atoms with E-state index < -0.39 is 5.97 Å². The van der Waals surface area contributed by atoms with Crippen molar-refractivity contribution in [1.82, 2.24) is 9.97 Å². The molecule has 0 aliphatic rings. The summed E-state index contributed by atoms with van der Waals surface area (Å²) in [6.07, 6.45) is 3.36. The SMILES string of the molecule is O=C(COC(=O)c1ccc(-c2ncc[nH]2)cc1)c1ccc(Cl)c(Cl)c1. The number of benzene rings is 2. The number of nitrogens with one attached hydrogen (secondary N) is 1. The molecule has 0 saturated heterocycles. The van der Waals surface area contributed by atoms with E-state index in [0.717, 1.165) is 5.56 Å². The summed E-state index contributed by atoms with van der Waals surface area (Å²) in [4.78, 5) is 31.2. The summed E-state index contributed by atoms with van der Waals surface area (Å²) in [7, 11) is 0. The average Bonchev–Trinajstić information content (AvgIpc) is 3.16. The van der Waals surface area contributed by atoms with Gasteiger partial charge >= 0.3 is 5.97 Å². The zero-order chi connectivity index (χ0) is 17.8. The van der Waals surface area contributed by atoms with Crippen LogP contribution < -0.4 is 0 Å². The van der Waals surface area contributed by atoms with Gasteiger partial charge in [-0.15, -0.1) is 0 Å². The summed E-state index contributed by atoms with van der Waals surface area (Å²) in [6, 6.07) is 11.2. The Hall–Kier alpha value is -2.63. The molecule has 1 N–H and O–H groups in total. The van der Waals surface area contributed by atoms with Crippen molar-refractivity contribution in [3.8, 4) is 11.4 Å². The van der Waals surface area contributed by atoms with Crippen molar-refractivity contribution >= 4 is 35.0 Å². The lowest BCUT2D eigenvalue weighted by Gasteiger charge is -2.06. The maximum absolute atomic E-state index is 12.1. The van der Waals surface area contributed by atoms with Crippen LogP contribution in [0.4, 0.5) is 0 Å². The fourth-order valence-corrected chi connectivity index (χ4v) is 2.45. The first kappa shape index (κ1) is 17.2. The molecule has 0 aliphatic heterocycles. The number of aromatic amines is 1. The number of nitrogens with zero attached hydrogens (tertiary/aromatic N) is 1. The Morgan fingerprint density at radius 2 is 1.72 bits per heavy atom. The van der Waals surface area contributed by atoms with Crippen molar-refractivity contribution in [3.63, 3.8) is 0 Å². The lowest BCUT2D eigenvalue weighted by atomic mass is 10.1. The smallest absolute Gasteiger partial charge is 0.338 e. The van der Waals surface area contributed by atoms with E-state index in [-0.39, 0.29) is 17.4 Å². The second-order valence-corrected chi connectivity index (χ2v) is 5.96. The standard InChI is InChI=1S/C18H12Cl2N2O3/c19-14-6-5-13(9-15(14)20)16(23)10-25-18(24)12-3-1-11(2-4-12)17-21-7-8-22-17/h1-9H,10H2,(H,21,22). The molecule has 7 heteroatoms. The van der Waals surface area contributed by atoms with Crippen LogP contribution in [-0.2, 0) is 4.74 Å². The topological polar surface area (TPSA) is 72.1 Å². The van der Waals surface area contributed by atoms with Crippen molar-refractivity contribution in [2.24, 2.45) is 0 Å². The van der Waals surface area contributed by atoms with Gasteiger partial charge in [0.15, 0.2) is 12.4 Å². The number of Topliss-reactive ketones (excluding diaryl/α,β-unsaturated/α-hetero) is 1. The molecular weight excluding hydrogens is 363 g/mol. The average molecular weight is 375 g/mol. The first-order valence-corrected chi connectivity index (χ1v) is 8.05. The molecule has 3 rings (SSSR count). The molecule has 0 unspecified atom stereocenters. The third-order valence-corrected chi connectivity index (χ3v) is 4.21. The first-order valence-electron chi connectivity index (χ1n) is 7.30. The fraction of sp³-hybridized carbons (Fsp3) is 0.0556. The number of hydrogen-bond acceptors (Lipinski definition) is 4. The molecule has 3 aromatic rings. The Morgan fingerprint density at radius 3 is 2.36 bits per heavy atom. The number of ketones is 1. The minimum absolute atomic E-state index is 0.271. The summed E-state index contributed by atoms with van der Waals surface area (Å²) in [5.74, 6) is -0.242. The number of carbonyl (C=O) groups excluding carboxylic acids is 2. The highest BCUT2D eigenvalue weighted by Crippen LogP contribution is 2.23. The number of H-pyrrole nitrogens is 1. The van der Waals surface area contributed by atoms with Crippen LogP contribution in [0.3, 0.4) is 0 Å². The number of halogens is 2. The van der Waals surface area contributed by atoms with Gasteiger partial charge in [-0.05, 0) is 30.3 Å². The quantitative estimate of drug-likeness (QED) is 0.529. The number of rotatable bonds is 5. The highest BCUT2D eigenvalue weighted by atomic mass is 35.5. The predicted octanol–water partition coefficient (Wildman–Crippen LogP) is 4.42. The van der Waals surface area contributed by atoms with E-state index in [0.29, 0.717) is 22.0 Å². The minimum Gasteiger partial charge on any atom is -0.454 e. The summed E-state index contributed by atoms with van der Waals surface area (Å²) in [5, 5.41) is 0.624. The third kappa shape index (κ3) is 4.07. The summed E-state index contributed by atoms with van der Waals surface area (Å²) in [6.45, 7) is -0.378. The normalized spacial score (nSPS) is 10.5. The van der Waals surface area contributed by atoms with Crippen LogP contribution in [0.25, 0.3) is 11.4 Å². The molecule has 0 aliphatic carbocycles. The van der Waals surface area contributed by atoms with E-state index in [1.165, 1.54) is 18.2 Å².